The standard InChI is InChI=1S/C14H8BrCl2FN2/c1-7-9(15)2-3-14-19-13(6-20(7)14)8-4-12(18)11(17)5-10(8)16/h2-6H,1H3. The largest absolute Gasteiger partial charge is 0.303 e. The predicted molar refractivity (Wildman–Crippen MR) is 83.0 cm³/mol. The molecule has 2 heterocycles. The minimum Gasteiger partial charge on any atom is -0.303 e. The fourth-order valence-electron chi connectivity index (χ4n) is 2.01. The number of aromatic nitrogens is 2. The van der Waals surface area contributed by atoms with Gasteiger partial charge in [-0.2, -0.15) is 0 Å². The summed E-state index contributed by atoms with van der Waals surface area (Å²) in [6.45, 7) is 1.96. The molecule has 3 aromatic rings. The van der Waals surface area contributed by atoms with Crippen molar-refractivity contribution >= 4 is 44.8 Å². The molecule has 102 valence electrons. The first-order valence-electron chi connectivity index (χ1n) is 5.76. The van der Waals surface area contributed by atoms with Crippen LogP contribution < -0.4 is 0 Å². The molecule has 0 saturated carbocycles. The molecule has 0 saturated heterocycles. The third kappa shape index (κ3) is 2.22. The average molecular weight is 374 g/mol. The lowest BCUT2D eigenvalue weighted by atomic mass is 10.1. The van der Waals surface area contributed by atoms with Gasteiger partial charge in [0.15, 0.2) is 0 Å². The van der Waals surface area contributed by atoms with Crippen LogP contribution in [0.1, 0.15) is 5.69 Å². The molecule has 1 aromatic carbocycles. The van der Waals surface area contributed by atoms with E-state index in [4.69, 9.17) is 23.2 Å². The second kappa shape index (κ2) is 5.02. The number of pyridine rings is 1. The molecule has 0 spiro atoms. The molecule has 0 aliphatic carbocycles. The monoisotopic (exact) mass is 372 g/mol. The van der Waals surface area contributed by atoms with E-state index in [-0.39, 0.29) is 5.02 Å². The minimum atomic E-state index is -0.513. The molecule has 6 heteroatoms. The predicted octanol–water partition coefficient (Wildman–Crippen LogP) is 5.52. The van der Waals surface area contributed by atoms with Gasteiger partial charge in [-0.05, 0) is 47.1 Å². The summed E-state index contributed by atoms with van der Waals surface area (Å²) in [6, 6.07) is 6.49. The number of hydrogen-bond acceptors (Lipinski definition) is 1. The van der Waals surface area contributed by atoms with E-state index in [0.29, 0.717) is 16.3 Å². The Balaban J connectivity index is 2.25. The number of fused-ring (bicyclic) bond motifs is 1. The summed E-state index contributed by atoms with van der Waals surface area (Å²) >= 11 is 15.3. The van der Waals surface area contributed by atoms with Crippen molar-refractivity contribution in [1.82, 2.24) is 9.38 Å². The topological polar surface area (TPSA) is 17.3 Å². The minimum absolute atomic E-state index is 0.00133. The number of rotatable bonds is 1. The van der Waals surface area contributed by atoms with E-state index in [1.54, 1.807) is 0 Å². The highest BCUT2D eigenvalue weighted by atomic mass is 79.9. The third-order valence-corrected chi connectivity index (χ3v) is 4.55. The molecule has 0 aliphatic rings. The lowest BCUT2D eigenvalue weighted by molar-refractivity contribution is 0.629. The molecule has 20 heavy (non-hydrogen) atoms. The highest BCUT2D eigenvalue weighted by Crippen LogP contribution is 2.32. The molecule has 3 rings (SSSR count). The lowest BCUT2D eigenvalue weighted by Gasteiger charge is -2.02. The fraction of sp³-hybridized carbons (Fsp3) is 0.0714. The zero-order valence-electron chi connectivity index (χ0n) is 10.3. The van der Waals surface area contributed by atoms with Gasteiger partial charge < -0.3 is 4.40 Å². The Labute approximate surface area is 133 Å². The molecule has 0 atom stereocenters. The van der Waals surface area contributed by atoms with E-state index in [1.165, 1.54) is 12.1 Å². The van der Waals surface area contributed by atoms with Crippen LogP contribution in [0.15, 0.2) is 34.9 Å². The first kappa shape index (κ1) is 13.9. The summed E-state index contributed by atoms with van der Waals surface area (Å²) in [6.07, 6.45) is 1.82. The van der Waals surface area contributed by atoms with E-state index >= 15 is 0 Å². The Bertz CT molecular complexity index is 830. The number of halogens is 4. The van der Waals surface area contributed by atoms with Crippen molar-refractivity contribution in [2.45, 2.75) is 6.92 Å². The summed E-state index contributed by atoms with van der Waals surface area (Å²) in [7, 11) is 0. The van der Waals surface area contributed by atoms with Crippen molar-refractivity contribution in [2.24, 2.45) is 0 Å². The fourth-order valence-corrected chi connectivity index (χ4v) is 2.82. The van der Waals surface area contributed by atoms with Crippen LogP contribution in [-0.2, 0) is 0 Å². The van der Waals surface area contributed by atoms with Crippen LogP contribution in [0, 0.1) is 12.7 Å². The molecule has 2 nitrogen and oxygen atoms in total. The molecular weight excluding hydrogens is 366 g/mol. The zero-order chi connectivity index (χ0) is 14.4. The molecule has 0 unspecified atom stereocenters. The number of nitrogens with zero attached hydrogens (tertiary/aromatic N) is 2. The van der Waals surface area contributed by atoms with Crippen LogP contribution in [-0.4, -0.2) is 9.38 Å². The number of benzene rings is 1. The summed E-state index contributed by atoms with van der Waals surface area (Å²) < 4.78 is 16.5. The Kier molecular flexibility index (Phi) is 3.48. The van der Waals surface area contributed by atoms with Crippen molar-refractivity contribution in [3.63, 3.8) is 0 Å². The molecule has 0 amide bonds. The van der Waals surface area contributed by atoms with Gasteiger partial charge >= 0.3 is 0 Å². The second-order valence-corrected chi connectivity index (χ2v) is 6.04. The van der Waals surface area contributed by atoms with E-state index < -0.39 is 5.82 Å². The maximum atomic E-state index is 13.6. The highest BCUT2D eigenvalue weighted by molar-refractivity contribution is 9.10. The van der Waals surface area contributed by atoms with Crippen molar-refractivity contribution in [1.29, 1.82) is 0 Å². The van der Waals surface area contributed by atoms with Gasteiger partial charge in [-0.1, -0.05) is 23.2 Å². The van der Waals surface area contributed by atoms with Gasteiger partial charge in [0, 0.05) is 21.9 Å². The van der Waals surface area contributed by atoms with Crippen LogP contribution in [0.3, 0.4) is 0 Å². The van der Waals surface area contributed by atoms with E-state index in [0.717, 1.165) is 15.8 Å². The van der Waals surface area contributed by atoms with Gasteiger partial charge in [0.2, 0.25) is 0 Å². The van der Waals surface area contributed by atoms with Crippen molar-refractivity contribution in [3.8, 4) is 11.3 Å². The third-order valence-electron chi connectivity index (χ3n) is 3.10. The Morgan fingerprint density at radius 3 is 2.70 bits per heavy atom. The Morgan fingerprint density at radius 2 is 1.95 bits per heavy atom. The van der Waals surface area contributed by atoms with Crippen LogP contribution in [0.25, 0.3) is 16.9 Å². The maximum absolute atomic E-state index is 13.6. The van der Waals surface area contributed by atoms with Gasteiger partial charge in [0.25, 0.3) is 0 Å². The molecule has 2 aromatic heterocycles. The molecule has 0 fully saturated rings. The molecular formula is C14H8BrCl2FN2. The number of hydrogen-bond donors (Lipinski definition) is 0. The summed E-state index contributed by atoms with van der Waals surface area (Å²) in [4.78, 5) is 4.46. The summed E-state index contributed by atoms with van der Waals surface area (Å²) in [5.41, 5.74) is 2.90. The lowest BCUT2D eigenvalue weighted by Crippen LogP contribution is -1.89. The Morgan fingerprint density at radius 1 is 1.20 bits per heavy atom. The van der Waals surface area contributed by atoms with Crippen molar-refractivity contribution in [2.75, 3.05) is 0 Å². The SMILES string of the molecule is Cc1c(Br)ccc2nc(-c3cc(F)c(Cl)cc3Cl)cn12. The first-order chi connectivity index (χ1) is 9.47. The van der Waals surface area contributed by atoms with Crippen molar-refractivity contribution < 1.29 is 4.39 Å². The number of aryl methyl sites for hydroxylation is 1. The van der Waals surface area contributed by atoms with Crippen LogP contribution >= 0.6 is 39.1 Å². The normalized spacial score (nSPS) is 11.2. The Hall–Kier alpha value is -1.10. The second-order valence-electron chi connectivity index (χ2n) is 4.37. The van der Waals surface area contributed by atoms with E-state index in [1.807, 2.05) is 29.7 Å². The maximum Gasteiger partial charge on any atom is 0.142 e. The van der Waals surface area contributed by atoms with E-state index in [9.17, 15) is 4.39 Å². The molecule has 0 aliphatic heterocycles. The van der Waals surface area contributed by atoms with Gasteiger partial charge in [-0.15, -0.1) is 0 Å². The van der Waals surface area contributed by atoms with Crippen molar-refractivity contribution in [3.05, 3.63) is 56.5 Å². The smallest absolute Gasteiger partial charge is 0.142 e. The van der Waals surface area contributed by atoms with E-state index in [2.05, 4.69) is 20.9 Å². The zero-order valence-corrected chi connectivity index (χ0v) is 13.4. The number of imidazole rings is 1. The highest BCUT2D eigenvalue weighted by Gasteiger charge is 2.13. The molecule has 0 bridgehead atoms. The van der Waals surface area contributed by atoms with Gasteiger partial charge in [-0.3, -0.25) is 0 Å². The van der Waals surface area contributed by atoms with Crippen LogP contribution in [0.2, 0.25) is 10.0 Å². The summed E-state index contributed by atoms with van der Waals surface area (Å²) in [5, 5.41) is 0.373. The van der Waals surface area contributed by atoms with Crippen LogP contribution in [0.5, 0.6) is 0 Å². The molecule has 0 N–H and O–H groups in total. The van der Waals surface area contributed by atoms with Gasteiger partial charge in [0.1, 0.15) is 11.5 Å². The molecule has 0 radical (unpaired) electrons. The summed E-state index contributed by atoms with van der Waals surface area (Å²) in [5.74, 6) is -0.513. The van der Waals surface area contributed by atoms with Crippen LogP contribution in [0.4, 0.5) is 4.39 Å². The van der Waals surface area contributed by atoms with Gasteiger partial charge in [0.05, 0.1) is 15.7 Å². The quantitative estimate of drug-likeness (QED) is 0.513. The average Bonchev–Trinajstić information content (AvgIpc) is 2.83. The first-order valence-corrected chi connectivity index (χ1v) is 7.31. The van der Waals surface area contributed by atoms with Gasteiger partial charge in [-0.25, -0.2) is 9.37 Å².